The molecule has 5 heteroatoms. The number of carbonyl (C=O) groups is 1. The van der Waals surface area contributed by atoms with Gasteiger partial charge in [-0.05, 0) is 12.8 Å². The molecule has 0 aliphatic rings. The molecular weight excluding hydrogens is 212 g/mol. The van der Waals surface area contributed by atoms with Crippen LogP contribution < -0.4 is 11.1 Å². The van der Waals surface area contributed by atoms with Gasteiger partial charge in [-0.3, -0.25) is 9.00 Å². The lowest BCUT2D eigenvalue weighted by molar-refractivity contribution is -0.124. The van der Waals surface area contributed by atoms with Gasteiger partial charge in [-0.15, -0.1) is 0 Å². The number of rotatable bonds is 8. The first-order chi connectivity index (χ1) is 7.11. The molecule has 0 aromatic heterocycles. The summed E-state index contributed by atoms with van der Waals surface area (Å²) in [6.45, 7) is 3.04. The van der Waals surface area contributed by atoms with E-state index in [1.54, 1.807) is 6.26 Å². The van der Waals surface area contributed by atoms with Crippen molar-refractivity contribution in [1.82, 2.24) is 5.32 Å². The van der Waals surface area contributed by atoms with Crippen molar-refractivity contribution in [2.75, 3.05) is 25.1 Å². The molecule has 0 bridgehead atoms. The lowest BCUT2D eigenvalue weighted by Gasteiger charge is -2.13. The van der Waals surface area contributed by atoms with Crippen LogP contribution >= 0.6 is 0 Å². The minimum atomic E-state index is -0.772. The Labute approximate surface area is 94.4 Å². The molecule has 0 aromatic rings. The molecule has 0 aliphatic heterocycles. The molecule has 0 heterocycles. The summed E-state index contributed by atoms with van der Waals surface area (Å²) in [4.78, 5) is 11.5. The van der Waals surface area contributed by atoms with Crippen molar-refractivity contribution < 1.29 is 9.00 Å². The monoisotopic (exact) mass is 234 g/mol. The Hall–Kier alpha value is -0.420. The predicted octanol–water partition coefficient (Wildman–Crippen LogP) is 0.246. The van der Waals surface area contributed by atoms with E-state index in [9.17, 15) is 9.00 Å². The number of carbonyl (C=O) groups excluding carboxylic acids is 1. The average molecular weight is 234 g/mol. The zero-order valence-corrected chi connectivity index (χ0v) is 10.4. The highest BCUT2D eigenvalue weighted by atomic mass is 32.2. The number of hydrogen-bond acceptors (Lipinski definition) is 3. The van der Waals surface area contributed by atoms with E-state index in [4.69, 9.17) is 5.73 Å². The molecule has 3 N–H and O–H groups in total. The van der Waals surface area contributed by atoms with E-state index in [-0.39, 0.29) is 11.8 Å². The van der Waals surface area contributed by atoms with E-state index >= 15 is 0 Å². The first-order valence-corrected chi connectivity index (χ1v) is 7.12. The summed E-state index contributed by atoms with van der Waals surface area (Å²) < 4.78 is 10.8. The van der Waals surface area contributed by atoms with E-state index in [0.717, 1.165) is 19.3 Å². The molecule has 1 amide bonds. The van der Waals surface area contributed by atoms with Gasteiger partial charge < -0.3 is 11.1 Å². The quantitative estimate of drug-likeness (QED) is 0.591. The SMILES string of the molecule is CCCC(CN)C(=O)NCCCS(C)=O. The van der Waals surface area contributed by atoms with Crippen LogP contribution in [0.15, 0.2) is 0 Å². The van der Waals surface area contributed by atoms with Gasteiger partial charge in [0.15, 0.2) is 0 Å². The first-order valence-electron chi connectivity index (χ1n) is 5.39. The second-order valence-corrected chi connectivity index (χ2v) is 5.20. The molecule has 15 heavy (non-hydrogen) atoms. The van der Waals surface area contributed by atoms with Crippen molar-refractivity contribution in [3.05, 3.63) is 0 Å². The summed E-state index contributed by atoms with van der Waals surface area (Å²) in [6, 6.07) is 0. The third-order valence-corrected chi connectivity index (χ3v) is 3.06. The largest absolute Gasteiger partial charge is 0.356 e. The smallest absolute Gasteiger partial charge is 0.224 e. The van der Waals surface area contributed by atoms with E-state index in [2.05, 4.69) is 5.32 Å². The summed E-state index contributed by atoms with van der Waals surface area (Å²) in [5.41, 5.74) is 5.50. The Bertz CT molecular complexity index is 210. The highest BCUT2D eigenvalue weighted by Crippen LogP contribution is 2.03. The zero-order valence-electron chi connectivity index (χ0n) is 9.62. The second-order valence-electron chi connectivity index (χ2n) is 3.64. The van der Waals surface area contributed by atoms with E-state index in [1.807, 2.05) is 6.92 Å². The zero-order chi connectivity index (χ0) is 11.7. The van der Waals surface area contributed by atoms with Crippen molar-refractivity contribution in [3.63, 3.8) is 0 Å². The topological polar surface area (TPSA) is 72.2 Å². The normalized spacial score (nSPS) is 14.6. The third kappa shape index (κ3) is 7.50. The molecule has 0 aromatic carbocycles. The highest BCUT2D eigenvalue weighted by molar-refractivity contribution is 7.84. The minimum Gasteiger partial charge on any atom is -0.356 e. The van der Waals surface area contributed by atoms with Gasteiger partial charge in [0.05, 0.1) is 5.92 Å². The van der Waals surface area contributed by atoms with Gasteiger partial charge in [-0.2, -0.15) is 0 Å². The number of hydrogen-bond donors (Lipinski definition) is 2. The van der Waals surface area contributed by atoms with Crippen molar-refractivity contribution in [1.29, 1.82) is 0 Å². The maximum absolute atomic E-state index is 11.5. The van der Waals surface area contributed by atoms with Crippen LogP contribution in [0.2, 0.25) is 0 Å². The van der Waals surface area contributed by atoms with Crippen molar-refractivity contribution in [3.8, 4) is 0 Å². The predicted molar refractivity (Wildman–Crippen MR) is 64.0 cm³/mol. The highest BCUT2D eigenvalue weighted by Gasteiger charge is 2.14. The summed E-state index contributed by atoms with van der Waals surface area (Å²) in [7, 11) is -0.772. The number of amides is 1. The summed E-state index contributed by atoms with van der Waals surface area (Å²) in [5, 5.41) is 2.82. The Morgan fingerprint density at radius 1 is 1.53 bits per heavy atom. The molecule has 0 rings (SSSR count). The van der Waals surface area contributed by atoms with Crippen LogP contribution in [0.1, 0.15) is 26.2 Å². The minimum absolute atomic E-state index is 0.0289. The van der Waals surface area contributed by atoms with Crippen molar-refractivity contribution in [2.24, 2.45) is 11.7 Å². The maximum atomic E-state index is 11.5. The Balaban J connectivity index is 3.66. The summed E-state index contributed by atoms with van der Waals surface area (Å²) in [5.74, 6) is 0.602. The molecule has 0 fully saturated rings. The van der Waals surface area contributed by atoms with Crippen LogP contribution in [0, 0.1) is 5.92 Å². The molecule has 4 nitrogen and oxygen atoms in total. The molecule has 0 spiro atoms. The van der Waals surface area contributed by atoms with Gasteiger partial charge in [-0.25, -0.2) is 0 Å². The Morgan fingerprint density at radius 2 is 2.20 bits per heavy atom. The second kappa shape index (κ2) is 8.85. The maximum Gasteiger partial charge on any atom is 0.224 e. The molecule has 0 saturated heterocycles. The van der Waals surface area contributed by atoms with Gasteiger partial charge in [0.25, 0.3) is 0 Å². The fourth-order valence-corrected chi connectivity index (χ4v) is 1.89. The molecule has 2 unspecified atom stereocenters. The van der Waals surface area contributed by atoms with Crippen LogP contribution in [-0.2, 0) is 15.6 Å². The van der Waals surface area contributed by atoms with Gasteiger partial charge in [-0.1, -0.05) is 13.3 Å². The lowest BCUT2D eigenvalue weighted by atomic mass is 10.0. The fraction of sp³-hybridized carbons (Fsp3) is 0.900. The van der Waals surface area contributed by atoms with Crippen LogP contribution in [0.5, 0.6) is 0 Å². The number of nitrogens with one attached hydrogen (secondary N) is 1. The fourth-order valence-electron chi connectivity index (χ4n) is 1.34. The van der Waals surface area contributed by atoms with Crippen molar-refractivity contribution in [2.45, 2.75) is 26.2 Å². The molecule has 0 saturated carbocycles. The van der Waals surface area contributed by atoms with Crippen LogP contribution in [0.3, 0.4) is 0 Å². The van der Waals surface area contributed by atoms with E-state index < -0.39 is 10.8 Å². The average Bonchev–Trinajstić information content (AvgIpc) is 2.20. The van der Waals surface area contributed by atoms with Crippen molar-refractivity contribution >= 4 is 16.7 Å². The van der Waals surface area contributed by atoms with E-state index in [1.165, 1.54) is 0 Å². The molecule has 2 atom stereocenters. The number of nitrogens with two attached hydrogens (primary N) is 1. The van der Waals surface area contributed by atoms with Crippen LogP contribution in [-0.4, -0.2) is 35.2 Å². The van der Waals surface area contributed by atoms with Gasteiger partial charge in [0.2, 0.25) is 5.91 Å². The van der Waals surface area contributed by atoms with Crippen LogP contribution in [0.4, 0.5) is 0 Å². The summed E-state index contributed by atoms with van der Waals surface area (Å²) >= 11 is 0. The third-order valence-electron chi connectivity index (χ3n) is 2.20. The molecule has 90 valence electrons. The van der Waals surface area contributed by atoms with Gasteiger partial charge >= 0.3 is 0 Å². The lowest BCUT2D eigenvalue weighted by Crippen LogP contribution is -2.35. The van der Waals surface area contributed by atoms with Gasteiger partial charge in [0.1, 0.15) is 0 Å². The summed E-state index contributed by atoms with van der Waals surface area (Å²) in [6.07, 6.45) is 4.23. The Kier molecular flexibility index (Phi) is 8.61. The molecule has 0 aliphatic carbocycles. The van der Waals surface area contributed by atoms with Gasteiger partial charge in [0, 0.05) is 35.9 Å². The molecular formula is C10H22N2O2S. The Morgan fingerprint density at radius 3 is 2.67 bits per heavy atom. The molecule has 0 radical (unpaired) electrons. The van der Waals surface area contributed by atoms with E-state index in [0.29, 0.717) is 18.8 Å². The standard InChI is InChI=1S/C10H22N2O2S/c1-3-5-9(8-11)10(13)12-6-4-7-15(2)14/h9H,3-8,11H2,1-2H3,(H,12,13). The van der Waals surface area contributed by atoms with Crippen LogP contribution in [0.25, 0.3) is 0 Å². The first kappa shape index (κ1) is 14.6.